The van der Waals surface area contributed by atoms with Crippen LogP contribution in [0, 0.1) is 51.2 Å². The Morgan fingerprint density at radius 1 is 0.900 bits per heavy atom. The van der Waals surface area contributed by atoms with E-state index in [1.807, 2.05) is 0 Å². The molecule has 0 spiro atoms. The molecule has 0 radical (unpaired) electrons. The van der Waals surface area contributed by atoms with Crippen LogP contribution in [-0.4, -0.2) is 22.9 Å². The summed E-state index contributed by atoms with van der Waals surface area (Å²) in [6, 6.07) is 0. The van der Waals surface area contributed by atoms with Crippen molar-refractivity contribution in [2.75, 3.05) is 6.61 Å². The first-order valence-electron chi connectivity index (χ1n) is 13.1. The summed E-state index contributed by atoms with van der Waals surface area (Å²) in [5.41, 5.74) is 2.71. The topological polar surface area (TPSA) is 40.5 Å². The molecule has 0 aromatic heterocycles. The monoisotopic (exact) mass is 414 g/mol. The second-order valence-electron chi connectivity index (χ2n) is 13.3. The Labute approximate surface area is 184 Å². The van der Waals surface area contributed by atoms with E-state index in [1.165, 1.54) is 63.4 Å². The second kappa shape index (κ2) is 6.83. The predicted octanol–water partition coefficient (Wildman–Crippen LogP) is 6.36. The lowest BCUT2D eigenvalue weighted by molar-refractivity contribution is -0.230. The van der Waals surface area contributed by atoms with Gasteiger partial charge in [-0.3, -0.25) is 0 Å². The number of allylic oxidation sites excluding steroid dienone is 1. The van der Waals surface area contributed by atoms with Crippen molar-refractivity contribution in [1.29, 1.82) is 0 Å². The van der Waals surface area contributed by atoms with E-state index >= 15 is 0 Å². The maximum atomic E-state index is 10.6. The Hall–Kier alpha value is -0.340. The van der Waals surface area contributed by atoms with Crippen LogP contribution in [0.5, 0.6) is 0 Å². The van der Waals surface area contributed by atoms with E-state index in [1.54, 1.807) is 0 Å². The zero-order valence-electron chi connectivity index (χ0n) is 20.1. The molecule has 5 rings (SSSR count). The van der Waals surface area contributed by atoms with Crippen molar-refractivity contribution >= 4 is 0 Å². The quantitative estimate of drug-likeness (QED) is 0.516. The van der Waals surface area contributed by atoms with Crippen LogP contribution in [0.2, 0.25) is 0 Å². The van der Waals surface area contributed by atoms with Crippen molar-refractivity contribution in [2.24, 2.45) is 51.2 Å². The van der Waals surface area contributed by atoms with Gasteiger partial charge in [-0.15, -0.1) is 0 Å². The summed E-state index contributed by atoms with van der Waals surface area (Å²) in [6.45, 7) is 15.0. The van der Waals surface area contributed by atoms with E-state index in [9.17, 15) is 10.2 Å². The van der Waals surface area contributed by atoms with Crippen molar-refractivity contribution in [3.05, 3.63) is 12.2 Å². The lowest BCUT2D eigenvalue weighted by atomic mass is 9.33. The van der Waals surface area contributed by atoms with Crippen LogP contribution in [0.1, 0.15) is 98.3 Å². The minimum absolute atomic E-state index is 0.0611. The van der Waals surface area contributed by atoms with Gasteiger partial charge in [-0.1, -0.05) is 32.9 Å². The average Bonchev–Trinajstić information content (AvgIpc) is 3.10. The molecule has 30 heavy (non-hydrogen) atoms. The lowest BCUT2D eigenvalue weighted by Gasteiger charge is -2.71. The van der Waals surface area contributed by atoms with Crippen molar-refractivity contribution in [3.8, 4) is 0 Å². The highest BCUT2D eigenvalue weighted by atomic mass is 16.3. The van der Waals surface area contributed by atoms with Crippen LogP contribution < -0.4 is 0 Å². The molecular weight excluding hydrogens is 368 g/mol. The van der Waals surface area contributed by atoms with Gasteiger partial charge in [0, 0.05) is 6.61 Å². The molecule has 5 saturated carbocycles. The molecule has 5 aliphatic rings. The molecule has 170 valence electrons. The van der Waals surface area contributed by atoms with E-state index in [2.05, 4.69) is 34.3 Å². The fourth-order valence-electron chi connectivity index (χ4n) is 10.7. The summed E-state index contributed by atoms with van der Waals surface area (Å²) in [6.07, 6.45) is 13.5. The number of aliphatic hydroxyl groups is 2. The molecule has 2 heteroatoms. The summed E-state index contributed by atoms with van der Waals surface area (Å²) in [4.78, 5) is 0. The summed E-state index contributed by atoms with van der Waals surface area (Å²) in [5.74, 6) is 3.49. The summed E-state index contributed by atoms with van der Waals surface area (Å²) in [5, 5.41) is 21.0. The first-order chi connectivity index (χ1) is 14.1. The number of hydrogen-bond donors (Lipinski definition) is 2. The van der Waals surface area contributed by atoms with Gasteiger partial charge >= 0.3 is 0 Å². The minimum atomic E-state index is -0.0611. The van der Waals surface area contributed by atoms with Crippen LogP contribution >= 0.6 is 0 Å². The summed E-state index contributed by atoms with van der Waals surface area (Å²) >= 11 is 0. The molecule has 2 N–H and O–H groups in total. The Kier molecular flexibility index (Phi) is 4.90. The van der Waals surface area contributed by atoms with Crippen LogP contribution in [0.4, 0.5) is 0 Å². The van der Waals surface area contributed by atoms with Crippen LogP contribution in [0.3, 0.4) is 0 Å². The summed E-state index contributed by atoms with van der Waals surface area (Å²) < 4.78 is 0. The average molecular weight is 415 g/mol. The van der Waals surface area contributed by atoms with Gasteiger partial charge in [-0.2, -0.15) is 0 Å². The Balaban J connectivity index is 1.53. The van der Waals surface area contributed by atoms with Gasteiger partial charge in [0.1, 0.15) is 0 Å². The fourth-order valence-corrected chi connectivity index (χ4v) is 10.7. The summed E-state index contributed by atoms with van der Waals surface area (Å²) in [7, 11) is 0. The molecule has 0 aromatic carbocycles. The van der Waals surface area contributed by atoms with E-state index in [0.717, 1.165) is 24.7 Å². The van der Waals surface area contributed by atoms with Gasteiger partial charge in [-0.05, 0) is 129 Å². The molecule has 0 amide bonds. The second-order valence-corrected chi connectivity index (χ2v) is 13.3. The van der Waals surface area contributed by atoms with Gasteiger partial charge in [0.05, 0.1) is 6.10 Å². The minimum Gasteiger partial charge on any atom is -0.396 e. The van der Waals surface area contributed by atoms with E-state index in [4.69, 9.17) is 0 Å². The fraction of sp³-hybridized carbons (Fsp3) is 0.929. The molecule has 0 unspecified atom stereocenters. The molecule has 5 aliphatic carbocycles. The van der Waals surface area contributed by atoms with E-state index in [-0.39, 0.29) is 11.5 Å². The maximum absolute atomic E-state index is 10.6. The van der Waals surface area contributed by atoms with Gasteiger partial charge in [-0.25, -0.2) is 0 Å². The standard InChI is InChI=1S/C28H46O2/c1-18(2)21-10-13-28(17-29)15-14-26(4)22(24(21)28)6-7-23-25(3)11-9-20(30)16-19(25)8-12-27(23,26)5/h19-24,29-30H,1,6-17H2,2-5H3/t19-,20-,21-,22+,23+,24+,25-,26+,27+,28+/m0/s1. The highest BCUT2D eigenvalue weighted by Crippen LogP contribution is 2.76. The lowest BCUT2D eigenvalue weighted by Crippen LogP contribution is -2.64. The highest BCUT2D eigenvalue weighted by Gasteiger charge is 2.69. The molecule has 0 bridgehead atoms. The van der Waals surface area contributed by atoms with Gasteiger partial charge < -0.3 is 10.2 Å². The predicted molar refractivity (Wildman–Crippen MR) is 123 cm³/mol. The molecule has 5 fully saturated rings. The first kappa shape index (κ1) is 21.5. The van der Waals surface area contributed by atoms with Crippen LogP contribution in [-0.2, 0) is 0 Å². The smallest absolute Gasteiger partial charge is 0.0543 e. The zero-order chi connectivity index (χ0) is 21.5. The SMILES string of the molecule is C=C(C)[C@@H]1CC[C@]2(CO)CC[C@]3(C)[C@H](CC[C@@H]4[C@@]5(C)CC[C@H](O)C[C@@H]5CC[C@]43C)[C@@H]12. The first-order valence-corrected chi connectivity index (χ1v) is 13.1. The van der Waals surface area contributed by atoms with Gasteiger partial charge in [0.25, 0.3) is 0 Å². The Bertz CT molecular complexity index is 715. The van der Waals surface area contributed by atoms with E-state index in [0.29, 0.717) is 40.6 Å². The van der Waals surface area contributed by atoms with Crippen molar-refractivity contribution < 1.29 is 10.2 Å². The molecule has 0 aromatic rings. The van der Waals surface area contributed by atoms with E-state index < -0.39 is 0 Å². The molecular formula is C28H46O2. The van der Waals surface area contributed by atoms with Crippen LogP contribution in [0.25, 0.3) is 0 Å². The normalized spacial score (nSPS) is 57.7. The van der Waals surface area contributed by atoms with Gasteiger partial charge in [0.15, 0.2) is 0 Å². The largest absolute Gasteiger partial charge is 0.396 e. The van der Waals surface area contributed by atoms with Crippen molar-refractivity contribution in [1.82, 2.24) is 0 Å². The maximum Gasteiger partial charge on any atom is 0.0543 e. The third-order valence-electron chi connectivity index (χ3n) is 12.6. The highest BCUT2D eigenvalue weighted by molar-refractivity contribution is 5.20. The Morgan fingerprint density at radius 3 is 2.37 bits per heavy atom. The van der Waals surface area contributed by atoms with Crippen molar-refractivity contribution in [3.63, 3.8) is 0 Å². The number of rotatable bonds is 2. The molecule has 2 nitrogen and oxygen atoms in total. The zero-order valence-corrected chi connectivity index (χ0v) is 20.1. The van der Waals surface area contributed by atoms with Crippen LogP contribution in [0.15, 0.2) is 12.2 Å². The molecule has 0 saturated heterocycles. The number of hydrogen-bond acceptors (Lipinski definition) is 2. The van der Waals surface area contributed by atoms with Crippen molar-refractivity contribution in [2.45, 2.75) is 104 Å². The molecule has 0 aliphatic heterocycles. The number of aliphatic hydroxyl groups excluding tert-OH is 2. The third-order valence-corrected chi connectivity index (χ3v) is 12.6. The van der Waals surface area contributed by atoms with Gasteiger partial charge in [0.2, 0.25) is 0 Å². The Morgan fingerprint density at radius 2 is 1.67 bits per heavy atom. The third kappa shape index (κ3) is 2.56. The molecule has 10 atom stereocenters. The number of fused-ring (bicyclic) bond motifs is 7. The molecule has 0 heterocycles.